The van der Waals surface area contributed by atoms with Crippen LogP contribution in [0.3, 0.4) is 0 Å². The first-order valence-corrected chi connectivity index (χ1v) is 12.2. The van der Waals surface area contributed by atoms with Crippen molar-refractivity contribution in [1.29, 1.82) is 5.26 Å². The van der Waals surface area contributed by atoms with Gasteiger partial charge in [0.2, 0.25) is 0 Å². The van der Waals surface area contributed by atoms with Crippen LogP contribution in [0.2, 0.25) is 0 Å². The number of carbonyl (C=O) groups excluding carboxylic acids is 1. The van der Waals surface area contributed by atoms with Gasteiger partial charge in [-0.25, -0.2) is 0 Å². The molecule has 0 amide bonds. The number of nitrogens with zero attached hydrogens (tertiary/aromatic N) is 2. The Bertz CT molecular complexity index is 1090. The van der Waals surface area contributed by atoms with Crippen LogP contribution in [-0.4, -0.2) is 12.0 Å². The molecular formula is C22H20BrN3OS2. The molecule has 0 saturated carbocycles. The lowest BCUT2D eigenvalue weighted by Gasteiger charge is -2.39. The largest absolute Gasteiger partial charge is 0.384 e. The smallest absolute Gasteiger partial charge is 0.161 e. The molecule has 1 atom stereocenters. The fraction of sp³-hybridized carbons (Fsp3) is 0.273. The summed E-state index contributed by atoms with van der Waals surface area (Å²) in [4.78, 5) is 16.2. The lowest BCUT2D eigenvalue weighted by atomic mass is 9.76. The monoisotopic (exact) mass is 485 g/mol. The highest BCUT2D eigenvalue weighted by molar-refractivity contribution is 9.10. The van der Waals surface area contributed by atoms with Crippen LogP contribution in [0.1, 0.15) is 35.6 Å². The van der Waals surface area contributed by atoms with Crippen LogP contribution in [0, 0.1) is 18.3 Å². The second-order valence-electron chi connectivity index (χ2n) is 7.10. The van der Waals surface area contributed by atoms with Crippen molar-refractivity contribution in [3.8, 4) is 6.07 Å². The van der Waals surface area contributed by atoms with Gasteiger partial charge >= 0.3 is 0 Å². The van der Waals surface area contributed by atoms with E-state index in [1.807, 2.05) is 35.4 Å². The van der Waals surface area contributed by atoms with Gasteiger partial charge in [-0.05, 0) is 61.9 Å². The molecule has 0 bridgehead atoms. The summed E-state index contributed by atoms with van der Waals surface area (Å²) in [6, 6.07) is 12.2. The Morgan fingerprint density at radius 1 is 1.31 bits per heavy atom. The molecular weight excluding hydrogens is 466 g/mol. The average molecular weight is 486 g/mol. The van der Waals surface area contributed by atoms with Gasteiger partial charge in [0.05, 0.1) is 21.8 Å². The van der Waals surface area contributed by atoms with E-state index in [4.69, 9.17) is 5.73 Å². The summed E-state index contributed by atoms with van der Waals surface area (Å²) in [7, 11) is 0. The number of nitriles is 1. The molecule has 1 aromatic carbocycles. The van der Waals surface area contributed by atoms with Crippen LogP contribution < -0.4 is 10.6 Å². The number of ketones is 1. The number of anilines is 1. The van der Waals surface area contributed by atoms with Crippen molar-refractivity contribution in [2.24, 2.45) is 5.73 Å². The summed E-state index contributed by atoms with van der Waals surface area (Å²) in [5.74, 6) is 0.153. The van der Waals surface area contributed by atoms with Crippen LogP contribution in [0.5, 0.6) is 0 Å². The van der Waals surface area contributed by atoms with E-state index in [1.165, 1.54) is 4.88 Å². The number of hydrogen-bond acceptors (Lipinski definition) is 6. The SMILES string of the molecule is CSc1sc(C)cc1[C@@H]1C(C#N)=C(N)N(c2ccc(Br)cc2)C2=C1C(=O)CCC2. The third kappa shape index (κ3) is 3.43. The molecule has 1 aliphatic carbocycles. The normalized spacial score (nSPS) is 19.4. The Morgan fingerprint density at radius 2 is 2.03 bits per heavy atom. The van der Waals surface area contributed by atoms with Gasteiger partial charge in [0.15, 0.2) is 5.78 Å². The van der Waals surface area contributed by atoms with Crippen LogP contribution in [0.25, 0.3) is 0 Å². The van der Waals surface area contributed by atoms with Crippen molar-refractivity contribution in [3.63, 3.8) is 0 Å². The van der Waals surface area contributed by atoms with Crippen LogP contribution >= 0.6 is 39.0 Å². The highest BCUT2D eigenvalue weighted by atomic mass is 79.9. The molecule has 0 spiro atoms. The molecule has 148 valence electrons. The minimum atomic E-state index is -0.387. The molecule has 1 aliphatic heterocycles. The minimum Gasteiger partial charge on any atom is -0.384 e. The van der Waals surface area contributed by atoms with Gasteiger partial charge in [-0.1, -0.05) is 15.9 Å². The van der Waals surface area contributed by atoms with Gasteiger partial charge in [0.25, 0.3) is 0 Å². The molecule has 7 heteroatoms. The standard InChI is InChI=1S/C22H20BrN3OS2/c1-12-10-15(22(28-2)29-12)19-16(11-24)21(25)26(14-8-6-13(23)7-9-14)17-4-3-5-18(27)20(17)19/h6-10,19H,3-5,25H2,1-2H3/t19-/m1/s1. The highest BCUT2D eigenvalue weighted by Crippen LogP contribution is 2.49. The Labute approximate surface area is 187 Å². The van der Waals surface area contributed by atoms with Crippen molar-refractivity contribution in [2.75, 3.05) is 11.2 Å². The molecule has 2 heterocycles. The van der Waals surface area contributed by atoms with Crippen LogP contribution in [0.4, 0.5) is 5.69 Å². The van der Waals surface area contributed by atoms with E-state index in [-0.39, 0.29) is 11.7 Å². The zero-order chi connectivity index (χ0) is 20.7. The van der Waals surface area contributed by atoms with E-state index in [2.05, 4.69) is 35.0 Å². The van der Waals surface area contributed by atoms with Gasteiger partial charge in [-0.15, -0.1) is 23.1 Å². The van der Waals surface area contributed by atoms with Gasteiger partial charge < -0.3 is 5.73 Å². The first kappa shape index (κ1) is 20.3. The van der Waals surface area contributed by atoms with Crippen LogP contribution in [0.15, 0.2) is 61.7 Å². The Morgan fingerprint density at radius 3 is 2.69 bits per heavy atom. The number of rotatable bonds is 3. The summed E-state index contributed by atoms with van der Waals surface area (Å²) in [6.07, 6.45) is 4.11. The van der Waals surface area contributed by atoms with E-state index in [1.54, 1.807) is 23.1 Å². The van der Waals surface area contributed by atoms with Crippen molar-refractivity contribution in [2.45, 2.75) is 36.3 Å². The van der Waals surface area contributed by atoms with E-state index < -0.39 is 0 Å². The highest BCUT2D eigenvalue weighted by Gasteiger charge is 2.41. The molecule has 2 N–H and O–H groups in total. The third-order valence-electron chi connectivity index (χ3n) is 5.34. The second kappa shape index (κ2) is 8.02. The molecule has 29 heavy (non-hydrogen) atoms. The summed E-state index contributed by atoms with van der Waals surface area (Å²) in [5.41, 5.74) is 10.6. The molecule has 0 radical (unpaired) electrons. The molecule has 0 unspecified atom stereocenters. The summed E-state index contributed by atoms with van der Waals surface area (Å²) < 4.78 is 2.10. The second-order valence-corrected chi connectivity index (χ2v) is 10.3. The van der Waals surface area contributed by atoms with Crippen molar-refractivity contribution < 1.29 is 4.79 Å². The van der Waals surface area contributed by atoms with E-state index >= 15 is 0 Å². The van der Waals surface area contributed by atoms with E-state index in [0.29, 0.717) is 17.8 Å². The number of nitrogens with two attached hydrogens (primary N) is 1. The Kier molecular flexibility index (Phi) is 5.60. The van der Waals surface area contributed by atoms with Gasteiger partial charge in [0.1, 0.15) is 5.82 Å². The zero-order valence-electron chi connectivity index (χ0n) is 16.2. The van der Waals surface area contributed by atoms with Crippen molar-refractivity contribution >= 4 is 50.5 Å². The molecule has 4 nitrogen and oxygen atoms in total. The lowest BCUT2D eigenvalue weighted by Crippen LogP contribution is -2.38. The number of benzene rings is 1. The fourth-order valence-corrected chi connectivity index (χ4v) is 6.33. The quantitative estimate of drug-likeness (QED) is 0.552. The first-order chi connectivity index (χ1) is 14.0. The number of halogens is 1. The Hall–Kier alpha value is -2.01. The van der Waals surface area contributed by atoms with Crippen molar-refractivity contribution in [1.82, 2.24) is 0 Å². The number of carbonyl (C=O) groups is 1. The topological polar surface area (TPSA) is 70.1 Å². The number of thiophene rings is 1. The number of hydrogen-bond donors (Lipinski definition) is 1. The maximum atomic E-state index is 13.1. The summed E-state index contributed by atoms with van der Waals surface area (Å²) in [6.45, 7) is 2.06. The van der Waals surface area contributed by atoms with E-state index in [9.17, 15) is 10.1 Å². The number of Topliss-reactive ketones (excluding diaryl/α,β-unsaturated/α-hetero) is 1. The number of allylic oxidation sites excluding steroid dienone is 3. The average Bonchev–Trinajstić information content (AvgIpc) is 3.09. The molecule has 2 aromatic rings. The first-order valence-electron chi connectivity index (χ1n) is 9.32. The summed E-state index contributed by atoms with van der Waals surface area (Å²) >= 11 is 6.82. The molecule has 1 aromatic heterocycles. The molecule has 0 fully saturated rings. The lowest BCUT2D eigenvalue weighted by molar-refractivity contribution is -0.116. The fourth-order valence-electron chi connectivity index (χ4n) is 4.16. The molecule has 4 rings (SSSR count). The van der Waals surface area contributed by atoms with E-state index in [0.717, 1.165) is 44.0 Å². The predicted octanol–water partition coefficient (Wildman–Crippen LogP) is 5.85. The van der Waals surface area contributed by atoms with Gasteiger partial charge in [-0.3, -0.25) is 9.69 Å². The maximum Gasteiger partial charge on any atom is 0.161 e. The van der Waals surface area contributed by atoms with Gasteiger partial charge in [0, 0.05) is 32.7 Å². The Balaban J connectivity index is 1.98. The summed E-state index contributed by atoms with van der Waals surface area (Å²) in [5, 5.41) is 10.1. The minimum absolute atomic E-state index is 0.120. The predicted molar refractivity (Wildman–Crippen MR) is 123 cm³/mol. The molecule has 2 aliphatic rings. The van der Waals surface area contributed by atoms with Crippen molar-refractivity contribution in [3.05, 3.63) is 67.9 Å². The van der Waals surface area contributed by atoms with Crippen LogP contribution in [-0.2, 0) is 4.79 Å². The number of thioether (sulfide) groups is 1. The number of aryl methyl sites for hydroxylation is 1. The molecule has 0 saturated heterocycles. The zero-order valence-corrected chi connectivity index (χ0v) is 19.4. The third-order valence-corrected chi connectivity index (χ3v) is 8.09. The maximum absolute atomic E-state index is 13.1. The van der Waals surface area contributed by atoms with Gasteiger partial charge in [-0.2, -0.15) is 5.26 Å².